The van der Waals surface area contributed by atoms with Crippen molar-refractivity contribution in [2.24, 2.45) is 0 Å². The Labute approximate surface area is 174 Å². The molecule has 2 aliphatic heterocycles. The number of nitrogens with zero attached hydrogens (tertiary/aromatic N) is 1. The molecule has 1 atom stereocenters. The number of thiocarbonyl (C=S) groups is 1. The summed E-state index contributed by atoms with van der Waals surface area (Å²) in [6.07, 6.45) is 2.14. The maximum absolute atomic E-state index is 6.49. The molecule has 6 heteroatoms. The third-order valence-electron chi connectivity index (χ3n) is 4.84. The summed E-state index contributed by atoms with van der Waals surface area (Å²) in [6, 6.07) is 15.7. The fraction of sp³-hybridized carbons (Fsp3) is 0.190. The minimum atomic E-state index is -0.0557. The van der Waals surface area contributed by atoms with Gasteiger partial charge in [0.25, 0.3) is 0 Å². The highest BCUT2D eigenvalue weighted by atomic mass is 35.5. The van der Waals surface area contributed by atoms with Gasteiger partial charge in [0.15, 0.2) is 5.11 Å². The molecule has 0 radical (unpaired) electrons. The Hall–Kier alpha value is -1.85. The van der Waals surface area contributed by atoms with E-state index >= 15 is 0 Å². The van der Waals surface area contributed by atoms with Crippen LogP contribution in [-0.2, 0) is 0 Å². The highest BCUT2D eigenvalue weighted by molar-refractivity contribution is 7.80. The van der Waals surface area contributed by atoms with Gasteiger partial charge in [0, 0.05) is 28.8 Å². The normalized spacial score (nSPS) is 21.7. The van der Waals surface area contributed by atoms with Gasteiger partial charge in [-0.15, -0.1) is 0 Å². The lowest BCUT2D eigenvalue weighted by molar-refractivity contribution is 0.364. The van der Waals surface area contributed by atoms with Gasteiger partial charge in [-0.1, -0.05) is 59.6 Å². The standard InChI is InChI=1S/C21H19Cl2N3S/c1-26-11-14(10-13-6-2-4-8-17(13)22)19-16(12-26)20(25-21(27)24-19)15-7-3-5-9-18(15)23/h2-10,20H,11-12H2,1H3,(H2,24,25,27)/b14-10-. The molecule has 4 rings (SSSR count). The van der Waals surface area contributed by atoms with Gasteiger partial charge >= 0.3 is 0 Å². The molecule has 0 saturated heterocycles. The summed E-state index contributed by atoms with van der Waals surface area (Å²) in [4.78, 5) is 2.28. The zero-order valence-electron chi connectivity index (χ0n) is 14.8. The summed E-state index contributed by atoms with van der Waals surface area (Å²) in [5.74, 6) is 0. The SMILES string of the molecule is CN1CC2=C(NC(=S)NC2c2ccccc2Cl)/C(=C\c2ccccc2Cl)C1. The largest absolute Gasteiger partial charge is 0.352 e. The molecule has 2 aromatic carbocycles. The molecule has 2 aromatic rings. The second-order valence-electron chi connectivity index (χ2n) is 6.82. The van der Waals surface area contributed by atoms with Crippen molar-refractivity contribution in [2.75, 3.05) is 20.1 Å². The number of rotatable bonds is 2. The molecule has 0 amide bonds. The second-order valence-corrected chi connectivity index (χ2v) is 8.04. The van der Waals surface area contributed by atoms with Crippen LogP contribution in [0.3, 0.4) is 0 Å². The van der Waals surface area contributed by atoms with Crippen LogP contribution in [0.2, 0.25) is 10.0 Å². The first-order valence-corrected chi connectivity index (χ1v) is 9.88. The Kier molecular flexibility index (Phi) is 5.24. The van der Waals surface area contributed by atoms with Gasteiger partial charge in [-0.3, -0.25) is 4.90 Å². The fourth-order valence-electron chi connectivity index (χ4n) is 3.64. The first-order valence-electron chi connectivity index (χ1n) is 8.72. The van der Waals surface area contributed by atoms with Crippen LogP contribution in [0, 0.1) is 0 Å². The van der Waals surface area contributed by atoms with Crippen molar-refractivity contribution in [3.8, 4) is 0 Å². The van der Waals surface area contributed by atoms with E-state index in [1.54, 1.807) is 0 Å². The molecule has 3 nitrogen and oxygen atoms in total. The van der Waals surface area contributed by atoms with Gasteiger partial charge in [0.2, 0.25) is 0 Å². The van der Waals surface area contributed by atoms with Gasteiger partial charge in [0.05, 0.1) is 6.04 Å². The lowest BCUT2D eigenvalue weighted by atomic mass is 9.89. The van der Waals surface area contributed by atoms with Crippen molar-refractivity contribution in [1.82, 2.24) is 15.5 Å². The average molecular weight is 416 g/mol. The topological polar surface area (TPSA) is 27.3 Å². The van der Waals surface area contributed by atoms with Crippen LogP contribution in [0.15, 0.2) is 65.4 Å². The van der Waals surface area contributed by atoms with E-state index in [1.807, 2.05) is 48.5 Å². The maximum Gasteiger partial charge on any atom is 0.171 e. The van der Waals surface area contributed by atoms with Gasteiger partial charge in [-0.2, -0.15) is 0 Å². The molecule has 1 unspecified atom stereocenters. The maximum atomic E-state index is 6.49. The highest BCUT2D eigenvalue weighted by Gasteiger charge is 2.33. The quantitative estimate of drug-likeness (QED) is 0.689. The van der Waals surface area contributed by atoms with E-state index in [4.69, 9.17) is 35.4 Å². The monoisotopic (exact) mass is 415 g/mol. The summed E-state index contributed by atoms with van der Waals surface area (Å²) < 4.78 is 0. The van der Waals surface area contributed by atoms with Crippen molar-refractivity contribution in [1.29, 1.82) is 0 Å². The van der Waals surface area contributed by atoms with E-state index in [0.29, 0.717) is 5.11 Å². The van der Waals surface area contributed by atoms with E-state index < -0.39 is 0 Å². The predicted molar refractivity (Wildman–Crippen MR) is 117 cm³/mol. The van der Waals surface area contributed by atoms with Crippen molar-refractivity contribution < 1.29 is 0 Å². The minimum absolute atomic E-state index is 0.0557. The van der Waals surface area contributed by atoms with Crippen molar-refractivity contribution in [3.63, 3.8) is 0 Å². The lowest BCUT2D eigenvalue weighted by Crippen LogP contribution is -2.49. The van der Waals surface area contributed by atoms with Crippen LogP contribution < -0.4 is 10.6 Å². The van der Waals surface area contributed by atoms with Gasteiger partial charge in [0.1, 0.15) is 0 Å². The van der Waals surface area contributed by atoms with E-state index in [9.17, 15) is 0 Å². The van der Waals surface area contributed by atoms with Crippen LogP contribution in [0.5, 0.6) is 0 Å². The smallest absolute Gasteiger partial charge is 0.171 e. The molecule has 2 heterocycles. The van der Waals surface area contributed by atoms with Crippen LogP contribution in [0.1, 0.15) is 17.2 Å². The van der Waals surface area contributed by atoms with Crippen LogP contribution in [0.25, 0.3) is 6.08 Å². The zero-order valence-corrected chi connectivity index (χ0v) is 17.1. The molecule has 0 saturated carbocycles. The van der Waals surface area contributed by atoms with Gasteiger partial charge in [-0.25, -0.2) is 0 Å². The fourth-order valence-corrected chi connectivity index (χ4v) is 4.29. The summed E-state index contributed by atoms with van der Waals surface area (Å²) in [5, 5.41) is 8.83. The van der Waals surface area contributed by atoms with E-state index in [1.165, 1.54) is 5.57 Å². The highest BCUT2D eigenvalue weighted by Crippen LogP contribution is 2.36. The van der Waals surface area contributed by atoms with Crippen LogP contribution in [-0.4, -0.2) is 30.1 Å². The third-order valence-corrected chi connectivity index (χ3v) is 5.74. The third kappa shape index (κ3) is 3.76. The molecule has 2 N–H and O–H groups in total. The molecular weight excluding hydrogens is 397 g/mol. The van der Waals surface area contributed by atoms with Crippen molar-refractivity contribution in [2.45, 2.75) is 6.04 Å². The molecule has 0 bridgehead atoms. The molecular formula is C21H19Cl2N3S. The predicted octanol–water partition coefficient (Wildman–Crippen LogP) is 4.80. The lowest BCUT2D eigenvalue weighted by Gasteiger charge is -2.39. The Morgan fingerprint density at radius 2 is 1.74 bits per heavy atom. The first kappa shape index (κ1) is 18.5. The number of benzene rings is 2. The van der Waals surface area contributed by atoms with E-state index in [0.717, 1.165) is 45.5 Å². The summed E-state index contributed by atoms with van der Waals surface area (Å²) in [5.41, 5.74) is 5.48. The Balaban J connectivity index is 1.84. The van der Waals surface area contributed by atoms with Crippen LogP contribution >= 0.6 is 35.4 Å². The molecule has 0 spiro atoms. The Bertz CT molecular complexity index is 967. The zero-order chi connectivity index (χ0) is 19.0. The first-order chi connectivity index (χ1) is 13.0. The molecule has 138 valence electrons. The Morgan fingerprint density at radius 1 is 1.04 bits per heavy atom. The van der Waals surface area contributed by atoms with E-state index in [-0.39, 0.29) is 6.04 Å². The molecule has 0 aromatic heterocycles. The minimum Gasteiger partial charge on any atom is -0.352 e. The van der Waals surface area contributed by atoms with Crippen molar-refractivity contribution >= 4 is 46.6 Å². The summed E-state index contributed by atoms with van der Waals surface area (Å²) in [6.45, 7) is 1.64. The van der Waals surface area contributed by atoms with E-state index in [2.05, 4.69) is 28.7 Å². The van der Waals surface area contributed by atoms with Gasteiger partial charge < -0.3 is 10.6 Å². The average Bonchev–Trinajstić information content (AvgIpc) is 2.64. The second kappa shape index (κ2) is 7.64. The number of halogens is 2. The summed E-state index contributed by atoms with van der Waals surface area (Å²) in [7, 11) is 2.11. The molecule has 2 aliphatic rings. The van der Waals surface area contributed by atoms with Gasteiger partial charge in [-0.05, 0) is 59.7 Å². The van der Waals surface area contributed by atoms with Crippen molar-refractivity contribution in [3.05, 3.63) is 86.5 Å². The van der Waals surface area contributed by atoms with Crippen LogP contribution in [0.4, 0.5) is 0 Å². The number of hydrogen-bond acceptors (Lipinski definition) is 2. The molecule has 27 heavy (non-hydrogen) atoms. The summed E-state index contributed by atoms with van der Waals surface area (Å²) >= 11 is 18.4. The number of hydrogen-bond donors (Lipinski definition) is 2. The Morgan fingerprint density at radius 3 is 2.48 bits per heavy atom. The molecule has 0 fully saturated rings. The number of likely N-dealkylation sites (N-methyl/N-ethyl adjacent to an activating group) is 1. The molecule has 0 aliphatic carbocycles. The number of nitrogens with one attached hydrogen (secondary N) is 2.